The van der Waals surface area contributed by atoms with Gasteiger partial charge in [-0.3, -0.25) is 4.79 Å². The maximum atomic E-state index is 12.3. The Morgan fingerprint density at radius 2 is 1.69 bits per heavy atom. The molecule has 35 heavy (non-hydrogen) atoms. The van der Waals surface area contributed by atoms with Gasteiger partial charge in [0.15, 0.2) is 11.5 Å². The fourth-order valence-electron chi connectivity index (χ4n) is 4.08. The minimum Gasteiger partial charge on any atom is -0.493 e. The average Bonchev–Trinajstić information content (AvgIpc) is 3.24. The minimum atomic E-state index is -0.132. The third-order valence-corrected chi connectivity index (χ3v) is 6.19. The van der Waals surface area contributed by atoms with Crippen molar-refractivity contribution in [1.82, 2.24) is 14.9 Å². The first-order valence-electron chi connectivity index (χ1n) is 11.9. The molecule has 0 aliphatic carbocycles. The molecule has 182 valence electrons. The Morgan fingerprint density at radius 1 is 0.943 bits per heavy atom. The molecule has 4 rings (SSSR count). The quantitative estimate of drug-likeness (QED) is 0.250. The van der Waals surface area contributed by atoms with Gasteiger partial charge in [0.1, 0.15) is 12.4 Å². The lowest BCUT2D eigenvalue weighted by Gasteiger charge is -2.13. The van der Waals surface area contributed by atoms with E-state index in [2.05, 4.69) is 16.0 Å². The van der Waals surface area contributed by atoms with Crippen molar-refractivity contribution in [2.24, 2.45) is 0 Å². The molecule has 1 heterocycles. The van der Waals surface area contributed by atoms with E-state index in [1.165, 1.54) is 0 Å². The van der Waals surface area contributed by atoms with E-state index in [9.17, 15) is 4.79 Å². The number of fused-ring (bicyclic) bond motifs is 1. The van der Waals surface area contributed by atoms with Crippen molar-refractivity contribution in [1.29, 1.82) is 0 Å². The molecule has 1 amide bonds. The number of hydrogen-bond donors (Lipinski definition) is 1. The Kier molecular flexibility index (Phi) is 8.63. The van der Waals surface area contributed by atoms with Crippen LogP contribution in [-0.2, 0) is 13.0 Å². The van der Waals surface area contributed by atoms with Gasteiger partial charge < -0.3 is 19.4 Å². The van der Waals surface area contributed by atoms with Gasteiger partial charge in [0.25, 0.3) is 5.91 Å². The molecule has 0 unspecified atom stereocenters. The first kappa shape index (κ1) is 24.6. The van der Waals surface area contributed by atoms with E-state index in [0.29, 0.717) is 30.3 Å². The van der Waals surface area contributed by atoms with Crippen LogP contribution in [0.5, 0.6) is 11.5 Å². The third-order valence-electron chi connectivity index (χ3n) is 5.86. The first-order chi connectivity index (χ1) is 17.2. The van der Waals surface area contributed by atoms with Gasteiger partial charge in [-0.15, -0.1) is 0 Å². The lowest BCUT2D eigenvalue weighted by Crippen LogP contribution is -2.24. The predicted octanol–water partition coefficient (Wildman–Crippen LogP) is 5.92. The Labute approximate surface area is 210 Å². The van der Waals surface area contributed by atoms with Crippen LogP contribution in [0.15, 0.2) is 72.8 Å². The molecule has 1 N–H and O–H groups in total. The van der Waals surface area contributed by atoms with Crippen LogP contribution in [0.1, 0.15) is 35.4 Å². The molecule has 7 heteroatoms. The largest absolute Gasteiger partial charge is 0.493 e. The molecule has 0 spiro atoms. The van der Waals surface area contributed by atoms with Crippen molar-refractivity contribution < 1.29 is 14.3 Å². The van der Waals surface area contributed by atoms with E-state index in [1.807, 2.05) is 54.6 Å². The SMILES string of the molecule is COc1ccccc1OCCn1c(CCCCCNC(=O)c2ccccc2Cl)nc2ccccc21. The Morgan fingerprint density at radius 3 is 2.51 bits per heavy atom. The van der Waals surface area contributed by atoms with Crippen LogP contribution in [0.3, 0.4) is 0 Å². The standard InChI is InChI=1S/C28H30ClN3O3/c1-34-25-15-8-9-16-26(25)35-20-19-32-24-14-7-6-13-23(24)31-27(32)17-3-2-10-18-30-28(33)21-11-4-5-12-22(21)29/h4-9,11-16H,2-3,10,17-20H2,1H3,(H,30,33). The third kappa shape index (κ3) is 6.34. The molecular formula is C28H30ClN3O3. The lowest BCUT2D eigenvalue weighted by molar-refractivity contribution is 0.0953. The second-order valence-corrected chi connectivity index (χ2v) is 8.62. The van der Waals surface area contributed by atoms with Gasteiger partial charge in [-0.25, -0.2) is 4.98 Å². The number of para-hydroxylation sites is 4. The van der Waals surface area contributed by atoms with Gasteiger partial charge >= 0.3 is 0 Å². The summed E-state index contributed by atoms with van der Waals surface area (Å²) in [6.07, 6.45) is 3.73. The van der Waals surface area contributed by atoms with Crippen LogP contribution in [-0.4, -0.2) is 35.7 Å². The molecule has 0 radical (unpaired) electrons. The number of nitrogens with zero attached hydrogens (tertiary/aromatic N) is 2. The van der Waals surface area contributed by atoms with Crippen molar-refractivity contribution in [3.05, 3.63) is 89.2 Å². The summed E-state index contributed by atoms with van der Waals surface area (Å²) < 4.78 is 13.6. The van der Waals surface area contributed by atoms with Gasteiger partial charge in [-0.05, 0) is 49.2 Å². The number of halogens is 1. The molecular weight excluding hydrogens is 462 g/mol. The van der Waals surface area contributed by atoms with Crippen LogP contribution < -0.4 is 14.8 Å². The summed E-state index contributed by atoms with van der Waals surface area (Å²) in [6.45, 7) is 1.83. The summed E-state index contributed by atoms with van der Waals surface area (Å²) in [5.74, 6) is 2.38. The Bertz CT molecular complexity index is 1270. The number of aryl methyl sites for hydroxylation is 1. The number of aromatic nitrogens is 2. The summed E-state index contributed by atoms with van der Waals surface area (Å²) in [5, 5.41) is 3.42. The van der Waals surface area contributed by atoms with Crippen molar-refractivity contribution in [3.63, 3.8) is 0 Å². The van der Waals surface area contributed by atoms with E-state index in [4.69, 9.17) is 26.1 Å². The molecule has 4 aromatic rings. The average molecular weight is 492 g/mol. The van der Waals surface area contributed by atoms with Gasteiger partial charge in [0.05, 0.1) is 35.3 Å². The second kappa shape index (κ2) is 12.3. The van der Waals surface area contributed by atoms with Crippen LogP contribution in [0.25, 0.3) is 11.0 Å². The normalized spacial score (nSPS) is 10.9. The summed E-state index contributed by atoms with van der Waals surface area (Å²) in [6, 6.07) is 22.9. The molecule has 0 aliphatic heterocycles. The number of carbonyl (C=O) groups is 1. The zero-order valence-electron chi connectivity index (χ0n) is 19.9. The monoisotopic (exact) mass is 491 g/mol. The number of carbonyl (C=O) groups excluding carboxylic acids is 1. The number of amides is 1. The molecule has 0 bridgehead atoms. The van der Waals surface area contributed by atoms with Crippen LogP contribution in [0.4, 0.5) is 0 Å². The predicted molar refractivity (Wildman–Crippen MR) is 140 cm³/mol. The Balaban J connectivity index is 1.29. The number of rotatable bonds is 12. The first-order valence-corrected chi connectivity index (χ1v) is 12.3. The Hall–Kier alpha value is -3.51. The highest BCUT2D eigenvalue weighted by Crippen LogP contribution is 2.26. The van der Waals surface area contributed by atoms with E-state index >= 15 is 0 Å². The van der Waals surface area contributed by atoms with Gasteiger partial charge in [-0.1, -0.05) is 54.4 Å². The van der Waals surface area contributed by atoms with Gasteiger partial charge in [-0.2, -0.15) is 0 Å². The fraction of sp³-hybridized carbons (Fsp3) is 0.286. The van der Waals surface area contributed by atoms with E-state index < -0.39 is 0 Å². The zero-order valence-corrected chi connectivity index (χ0v) is 20.6. The number of nitrogens with one attached hydrogen (secondary N) is 1. The van der Waals surface area contributed by atoms with Crippen LogP contribution in [0.2, 0.25) is 5.02 Å². The number of methoxy groups -OCH3 is 1. The van der Waals surface area contributed by atoms with Crippen LogP contribution in [0, 0.1) is 0 Å². The van der Waals surface area contributed by atoms with Crippen molar-refractivity contribution in [2.45, 2.75) is 32.2 Å². The maximum Gasteiger partial charge on any atom is 0.252 e. The molecule has 1 aromatic heterocycles. The van der Waals surface area contributed by atoms with Crippen molar-refractivity contribution in [3.8, 4) is 11.5 Å². The highest BCUT2D eigenvalue weighted by molar-refractivity contribution is 6.33. The van der Waals surface area contributed by atoms with E-state index in [-0.39, 0.29) is 5.91 Å². The lowest BCUT2D eigenvalue weighted by atomic mass is 10.1. The fourth-order valence-corrected chi connectivity index (χ4v) is 4.30. The number of unbranched alkanes of at least 4 members (excludes halogenated alkanes) is 2. The minimum absolute atomic E-state index is 0.132. The van der Waals surface area contributed by atoms with Crippen molar-refractivity contribution >= 4 is 28.5 Å². The van der Waals surface area contributed by atoms with E-state index in [0.717, 1.165) is 54.0 Å². The number of benzene rings is 3. The number of hydrogen-bond acceptors (Lipinski definition) is 4. The molecule has 0 saturated heterocycles. The van der Waals surface area contributed by atoms with Crippen LogP contribution >= 0.6 is 11.6 Å². The summed E-state index contributed by atoms with van der Waals surface area (Å²) in [5.41, 5.74) is 2.61. The molecule has 3 aromatic carbocycles. The highest BCUT2D eigenvalue weighted by atomic mass is 35.5. The molecule has 0 saturated carbocycles. The van der Waals surface area contributed by atoms with E-state index in [1.54, 1.807) is 19.2 Å². The number of ether oxygens (including phenoxy) is 2. The molecule has 0 aliphatic rings. The summed E-state index contributed by atoms with van der Waals surface area (Å²) >= 11 is 6.10. The molecule has 0 fully saturated rings. The second-order valence-electron chi connectivity index (χ2n) is 8.21. The topological polar surface area (TPSA) is 65.4 Å². The van der Waals surface area contributed by atoms with Gasteiger partial charge in [0.2, 0.25) is 0 Å². The highest BCUT2D eigenvalue weighted by Gasteiger charge is 2.12. The summed E-state index contributed by atoms with van der Waals surface area (Å²) in [7, 11) is 1.64. The maximum absolute atomic E-state index is 12.3. The zero-order chi connectivity index (χ0) is 24.5. The smallest absolute Gasteiger partial charge is 0.252 e. The number of imidazole rings is 1. The van der Waals surface area contributed by atoms with Gasteiger partial charge in [0, 0.05) is 13.0 Å². The summed E-state index contributed by atoms with van der Waals surface area (Å²) in [4.78, 5) is 17.1. The molecule has 0 atom stereocenters. The van der Waals surface area contributed by atoms with Crippen molar-refractivity contribution in [2.75, 3.05) is 20.3 Å². The molecule has 6 nitrogen and oxygen atoms in total.